The predicted molar refractivity (Wildman–Crippen MR) is 39.8 cm³/mol. The van der Waals surface area contributed by atoms with Crippen molar-refractivity contribution in [2.75, 3.05) is 19.3 Å². The van der Waals surface area contributed by atoms with Gasteiger partial charge in [0.15, 0.2) is 0 Å². The number of hydrogen-bond donors (Lipinski definition) is 1. The minimum absolute atomic E-state index is 0.352. The summed E-state index contributed by atoms with van der Waals surface area (Å²) in [6, 6.07) is 0. The Morgan fingerprint density at radius 2 is 2.38 bits per heavy atom. The average Bonchev–Trinajstić information content (AvgIpc) is 2.14. The Hall–Kier alpha value is 0.600. The van der Waals surface area contributed by atoms with Crippen molar-refractivity contribution in [3.05, 3.63) is 0 Å². The fourth-order valence-corrected chi connectivity index (χ4v) is 2.04. The summed E-state index contributed by atoms with van der Waals surface area (Å²) in [6.45, 7) is 2.06. The van der Waals surface area contributed by atoms with E-state index in [0.29, 0.717) is 10.6 Å². The van der Waals surface area contributed by atoms with Crippen LogP contribution in [0.2, 0.25) is 0 Å². The summed E-state index contributed by atoms with van der Waals surface area (Å²) in [5, 5.41) is 4.21. The number of alkyl halides is 1. The molecule has 2 atom stereocenters. The summed E-state index contributed by atoms with van der Waals surface area (Å²) >= 11 is 7.74. The van der Waals surface area contributed by atoms with Crippen LogP contribution in [0.15, 0.2) is 0 Å². The first-order chi connectivity index (χ1) is 3.84. The van der Waals surface area contributed by atoms with Crippen LogP contribution < -0.4 is 5.32 Å². The first-order valence-electron chi connectivity index (χ1n) is 2.72. The first-order valence-corrected chi connectivity index (χ1v) is 4.44. The summed E-state index contributed by atoms with van der Waals surface area (Å²) in [5.41, 5.74) is 0. The van der Waals surface area contributed by atoms with Crippen LogP contribution in [0.5, 0.6) is 0 Å². The van der Waals surface area contributed by atoms with Gasteiger partial charge in [0.05, 0.1) is 5.38 Å². The molecule has 1 rings (SSSR count). The van der Waals surface area contributed by atoms with E-state index >= 15 is 0 Å². The van der Waals surface area contributed by atoms with Crippen LogP contribution in [-0.2, 0) is 0 Å². The summed E-state index contributed by atoms with van der Waals surface area (Å²) in [5.74, 6) is 0. The second-order valence-corrected chi connectivity index (χ2v) is 3.59. The van der Waals surface area contributed by atoms with Crippen molar-refractivity contribution in [1.29, 1.82) is 0 Å². The molecule has 0 aliphatic carbocycles. The molecule has 0 spiro atoms. The second-order valence-electron chi connectivity index (χ2n) is 1.95. The van der Waals surface area contributed by atoms with Crippen molar-refractivity contribution < 1.29 is 0 Å². The molecule has 0 aromatic carbocycles. The van der Waals surface area contributed by atoms with Crippen molar-refractivity contribution in [1.82, 2.24) is 5.32 Å². The van der Waals surface area contributed by atoms with Gasteiger partial charge in [-0.15, -0.1) is 11.6 Å². The highest BCUT2D eigenvalue weighted by atomic mass is 35.5. The molecule has 0 amide bonds. The molecule has 0 aromatic heterocycles. The molecule has 0 aromatic rings. The SMILES string of the molecule is CS[C@H]1CNC[C@H]1Cl. The minimum atomic E-state index is 0.352. The van der Waals surface area contributed by atoms with Gasteiger partial charge in [-0.1, -0.05) is 0 Å². The second kappa shape index (κ2) is 2.95. The Morgan fingerprint density at radius 1 is 1.62 bits per heavy atom. The lowest BCUT2D eigenvalue weighted by molar-refractivity contribution is 0.860. The van der Waals surface area contributed by atoms with Gasteiger partial charge in [-0.25, -0.2) is 0 Å². The Balaban J connectivity index is 2.30. The summed E-state index contributed by atoms with van der Waals surface area (Å²) in [4.78, 5) is 0. The lowest BCUT2D eigenvalue weighted by Gasteiger charge is -2.06. The summed E-state index contributed by atoms with van der Waals surface area (Å²) in [6.07, 6.45) is 2.10. The largest absolute Gasteiger partial charge is 0.314 e. The van der Waals surface area contributed by atoms with Crippen LogP contribution in [0.3, 0.4) is 0 Å². The molecule has 0 radical (unpaired) electrons. The quantitative estimate of drug-likeness (QED) is 0.560. The van der Waals surface area contributed by atoms with Crippen LogP contribution in [0.4, 0.5) is 0 Å². The van der Waals surface area contributed by atoms with E-state index in [-0.39, 0.29) is 0 Å². The van der Waals surface area contributed by atoms with Crippen LogP contribution >= 0.6 is 23.4 Å². The van der Waals surface area contributed by atoms with Gasteiger partial charge in [-0.3, -0.25) is 0 Å². The maximum Gasteiger partial charge on any atom is 0.0591 e. The van der Waals surface area contributed by atoms with Gasteiger partial charge >= 0.3 is 0 Å². The molecule has 48 valence electrons. The highest BCUT2D eigenvalue weighted by molar-refractivity contribution is 7.99. The zero-order chi connectivity index (χ0) is 5.98. The molecule has 3 heteroatoms. The maximum atomic E-state index is 5.90. The Morgan fingerprint density at radius 3 is 2.62 bits per heavy atom. The zero-order valence-corrected chi connectivity index (χ0v) is 6.43. The fourth-order valence-electron chi connectivity index (χ4n) is 0.854. The third-order valence-corrected chi connectivity index (χ3v) is 3.10. The molecule has 0 bridgehead atoms. The monoisotopic (exact) mass is 151 g/mol. The number of thioether (sulfide) groups is 1. The van der Waals surface area contributed by atoms with Crippen LogP contribution in [0.25, 0.3) is 0 Å². The molecule has 1 nitrogen and oxygen atoms in total. The van der Waals surface area contributed by atoms with Gasteiger partial charge in [0.1, 0.15) is 0 Å². The van der Waals surface area contributed by atoms with Crippen molar-refractivity contribution >= 4 is 23.4 Å². The van der Waals surface area contributed by atoms with Crippen LogP contribution in [0, 0.1) is 0 Å². The van der Waals surface area contributed by atoms with Crippen molar-refractivity contribution in [3.8, 4) is 0 Å². The Kier molecular flexibility index (Phi) is 2.47. The molecule has 8 heavy (non-hydrogen) atoms. The van der Waals surface area contributed by atoms with E-state index < -0.39 is 0 Å². The lowest BCUT2D eigenvalue weighted by Crippen LogP contribution is -2.13. The van der Waals surface area contributed by atoms with E-state index in [2.05, 4.69) is 11.6 Å². The van der Waals surface area contributed by atoms with E-state index in [1.54, 1.807) is 0 Å². The highest BCUT2D eigenvalue weighted by Gasteiger charge is 2.23. The highest BCUT2D eigenvalue weighted by Crippen LogP contribution is 2.18. The van der Waals surface area contributed by atoms with Crippen molar-refractivity contribution in [2.24, 2.45) is 0 Å². The normalized spacial score (nSPS) is 38.2. The molecule has 1 aliphatic rings. The van der Waals surface area contributed by atoms with Gasteiger partial charge in [0.2, 0.25) is 0 Å². The standard InChI is InChI=1S/C5H10ClNS/c1-8-5-3-7-2-4(5)6/h4-5,7H,2-3H2,1H3/t4-,5+/m1/s1. The zero-order valence-electron chi connectivity index (χ0n) is 4.86. The molecule has 0 saturated carbocycles. The summed E-state index contributed by atoms with van der Waals surface area (Å²) < 4.78 is 0. The third-order valence-electron chi connectivity index (χ3n) is 1.39. The van der Waals surface area contributed by atoms with Gasteiger partial charge in [-0.2, -0.15) is 11.8 Å². The smallest absolute Gasteiger partial charge is 0.0591 e. The van der Waals surface area contributed by atoms with Gasteiger partial charge in [-0.05, 0) is 6.26 Å². The summed E-state index contributed by atoms with van der Waals surface area (Å²) in [7, 11) is 0. The molecule has 1 fully saturated rings. The van der Waals surface area contributed by atoms with Gasteiger partial charge in [0.25, 0.3) is 0 Å². The molecule has 1 heterocycles. The number of rotatable bonds is 1. The van der Waals surface area contributed by atoms with Gasteiger partial charge in [0, 0.05) is 18.3 Å². The predicted octanol–water partition coefficient (Wildman–Crippen LogP) is 0.929. The Bertz CT molecular complexity index is 78.8. The molecule has 1 aliphatic heterocycles. The number of nitrogens with one attached hydrogen (secondary N) is 1. The van der Waals surface area contributed by atoms with Gasteiger partial charge < -0.3 is 5.32 Å². The van der Waals surface area contributed by atoms with Crippen LogP contribution in [-0.4, -0.2) is 30.0 Å². The van der Waals surface area contributed by atoms with Crippen LogP contribution in [0.1, 0.15) is 0 Å². The topological polar surface area (TPSA) is 12.0 Å². The fraction of sp³-hybridized carbons (Fsp3) is 1.00. The molecular weight excluding hydrogens is 142 g/mol. The lowest BCUT2D eigenvalue weighted by atomic mass is 10.4. The first kappa shape index (κ1) is 6.72. The Labute approximate surface area is 59.2 Å². The third kappa shape index (κ3) is 1.30. The van der Waals surface area contributed by atoms with Crippen molar-refractivity contribution in [2.45, 2.75) is 10.6 Å². The van der Waals surface area contributed by atoms with E-state index in [0.717, 1.165) is 13.1 Å². The minimum Gasteiger partial charge on any atom is -0.314 e. The maximum absolute atomic E-state index is 5.90. The van der Waals surface area contributed by atoms with Crippen molar-refractivity contribution in [3.63, 3.8) is 0 Å². The average molecular weight is 152 g/mol. The van der Waals surface area contributed by atoms with E-state index in [9.17, 15) is 0 Å². The number of hydrogen-bond acceptors (Lipinski definition) is 2. The number of halogens is 1. The molecule has 1 N–H and O–H groups in total. The van der Waals surface area contributed by atoms with E-state index in [1.165, 1.54) is 0 Å². The molecule has 0 unspecified atom stereocenters. The van der Waals surface area contributed by atoms with E-state index in [1.807, 2.05) is 11.8 Å². The molecule has 1 saturated heterocycles. The molecular formula is C5H10ClNS. The van der Waals surface area contributed by atoms with E-state index in [4.69, 9.17) is 11.6 Å².